The maximum absolute atomic E-state index is 13.1. The molecule has 0 aliphatic heterocycles. The molecule has 14 heavy (non-hydrogen) atoms. The maximum Gasteiger partial charge on any atom is 0.129 e. The molecule has 1 nitrogen and oxygen atoms in total. The van der Waals surface area contributed by atoms with Crippen molar-refractivity contribution >= 4 is 0 Å². The first-order valence-electron chi connectivity index (χ1n) is 5.14. The van der Waals surface area contributed by atoms with Crippen molar-refractivity contribution in [2.45, 2.75) is 26.2 Å². The molecule has 76 valence electrons. The van der Waals surface area contributed by atoms with Gasteiger partial charge in [0.1, 0.15) is 11.6 Å². The van der Waals surface area contributed by atoms with Gasteiger partial charge in [-0.1, -0.05) is 18.9 Å². The number of hydrogen-bond donors (Lipinski definition) is 0. The van der Waals surface area contributed by atoms with Crippen LogP contribution in [-0.4, -0.2) is 6.61 Å². The Labute approximate surface area is 83.9 Å². The molecule has 1 aliphatic carbocycles. The van der Waals surface area contributed by atoms with Crippen LogP contribution >= 0.6 is 0 Å². The predicted molar refractivity (Wildman–Crippen MR) is 54.0 cm³/mol. The Bertz CT molecular complexity index is 318. The maximum atomic E-state index is 13.1. The van der Waals surface area contributed by atoms with Gasteiger partial charge in [0.2, 0.25) is 0 Å². The first-order chi connectivity index (χ1) is 6.75. The average Bonchev–Trinajstić information content (AvgIpc) is 2.95. The average molecular weight is 194 g/mol. The normalized spacial score (nSPS) is 15.6. The first-order valence-corrected chi connectivity index (χ1v) is 5.14. The van der Waals surface area contributed by atoms with Crippen LogP contribution in [0.4, 0.5) is 4.39 Å². The lowest BCUT2D eigenvalue weighted by Gasteiger charge is -2.06. The molecule has 0 spiro atoms. The molecule has 2 rings (SSSR count). The van der Waals surface area contributed by atoms with Crippen LogP contribution in [0.1, 0.15) is 24.8 Å². The highest BCUT2D eigenvalue weighted by molar-refractivity contribution is 5.27. The topological polar surface area (TPSA) is 9.23 Å². The van der Waals surface area contributed by atoms with E-state index in [1.54, 1.807) is 13.0 Å². The molecule has 1 aliphatic rings. The van der Waals surface area contributed by atoms with Crippen molar-refractivity contribution in [1.29, 1.82) is 0 Å². The minimum absolute atomic E-state index is 0.186. The Kier molecular flexibility index (Phi) is 2.71. The van der Waals surface area contributed by atoms with Crippen LogP contribution in [-0.2, 0) is 0 Å². The predicted octanol–water partition coefficient (Wildman–Crippen LogP) is 3.31. The molecule has 0 N–H and O–H groups in total. The smallest absolute Gasteiger partial charge is 0.129 e. The van der Waals surface area contributed by atoms with E-state index in [9.17, 15) is 4.39 Å². The van der Waals surface area contributed by atoms with E-state index in [-0.39, 0.29) is 5.82 Å². The molecule has 1 aromatic rings. The summed E-state index contributed by atoms with van der Waals surface area (Å²) in [6.45, 7) is 2.47. The van der Waals surface area contributed by atoms with Gasteiger partial charge in [0.15, 0.2) is 0 Å². The van der Waals surface area contributed by atoms with Crippen molar-refractivity contribution in [2.75, 3.05) is 6.61 Å². The van der Waals surface area contributed by atoms with Crippen molar-refractivity contribution in [3.8, 4) is 5.75 Å². The molecule has 0 unspecified atom stereocenters. The second kappa shape index (κ2) is 3.99. The van der Waals surface area contributed by atoms with Crippen LogP contribution in [0.2, 0.25) is 0 Å². The standard InChI is InChI=1S/C12H15FO/c1-9-2-5-11(8-12(9)13)14-7-6-10-3-4-10/h2,5,8,10H,3-4,6-7H2,1H3. The quantitative estimate of drug-likeness (QED) is 0.714. The van der Waals surface area contributed by atoms with Gasteiger partial charge < -0.3 is 4.74 Å². The highest BCUT2D eigenvalue weighted by Crippen LogP contribution is 2.32. The number of halogens is 1. The molecule has 0 atom stereocenters. The number of rotatable bonds is 4. The number of ether oxygens (including phenoxy) is 1. The van der Waals surface area contributed by atoms with Crippen molar-refractivity contribution < 1.29 is 9.13 Å². The van der Waals surface area contributed by atoms with Crippen LogP contribution in [0, 0.1) is 18.7 Å². The van der Waals surface area contributed by atoms with E-state index in [0.29, 0.717) is 17.9 Å². The molecule has 0 aromatic heterocycles. The lowest BCUT2D eigenvalue weighted by Crippen LogP contribution is -1.98. The molecule has 1 fully saturated rings. The molecule has 0 radical (unpaired) electrons. The summed E-state index contributed by atoms with van der Waals surface area (Å²) < 4.78 is 18.6. The summed E-state index contributed by atoms with van der Waals surface area (Å²) in [6, 6.07) is 5.04. The Morgan fingerprint density at radius 1 is 1.43 bits per heavy atom. The van der Waals surface area contributed by atoms with E-state index >= 15 is 0 Å². The molecule has 1 saturated carbocycles. The Balaban J connectivity index is 1.85. The van der Waals surface area contributed by atoms with Crippen LogP contribution in [0.3, 0.4) is 0 Å². The van der Waals surface area contributed by atoms with Crippen molar-refractivity contribution in [2.24, 2.45) is 5.92 Å². The van der Waals surface area contributed by atoms with E-state index in [1.807, 2.05) is 6.07 Å². The monoisotopic (exact) mass is 194 g/mol. The summed E-state index contributed by atoms with van der Waals surface area (Å²) in [5.41, 5.74) is 0.666. The summed E-state index contributed by atoms with van der Waals surface area (Å²) in [7, 11) is 0. The highest BCUT2D eigenvalue weighted by atomic mass is 19.1. The summed E-state index contributed by atoms with van der Waals surface area (Å²) in [4.78, 5) is 0. The molecule has 2 heteroatoms. The zero-order chi connectivity index (χ0) is 9.97. The minimum Gasteiger partial charge on any atom is -0.493 e. The van der Waals surface area contributed by atoms with Gasteiger partial charge in [-0.2, -0.15) is 0 Å². The number of benzene rings is 1. The fourth-order valence-corrected chi connectivity index (χ4v) is 1.41. The molecule has 0 heterocycles. The largest absolute Gasteiger partial charge is 0.493 e. The summed E-state index contributed by atoms with van der Waals surface area (Å²) in [5.74, 6) is 1.33. The fraction of sp³-hybridized carbons (Fsp3) is 0.500. The number of hydrogen-bond acceptors (Lipinski definition) is 1. The second-order valence-electron chi connectivity index (χ2n) is 3.99. The van der Waals surface area contributed by atoms with Crippen LogP contribution in [0.25, 0.3) is 0 Å². The zero-order valence-electron chi connectivity index (χ0n) is 8.42. The van der Waals surface area contributed by atoms with Crippen molar-refractivity contribution in [1.82, 2.24) is 0 Å². The van der Waals surface area contributed by atoms with Gasteiger partial charge in [0.05, 0.1) is 6.61 Å². The SMILES string of the molecule is Cc1ccc(OCCC2CC2)cc1F. The van der Waals surface area contributed by atoms with Crippen molar-refractivity contribution in [3.63, 3.8) is 0 Å². The van der Waals surface area contributed by atoms with Gasteiger partial charge in [-0.05, 0) is 30.9 Å². The van der Waals surface area contributed by atoms with Crippen molar-refractivity contribution in [3.05, 3.63) is 29.6 Å². The van der Waals surface area contributed by atoms with E-state index in [0.717, 1.165) is 12.3 Å². The van der Waals surface area contributed by atoms with E-state index in [2.05, 4.69) is 0 Å². The second-order valence-corrected chi connectivity index (χ2v) is 3.99. The minimum atomic E-state index is -0.186. The van der Waals surface area contributed by atoms with Gasteiger partial charge in [0.25, 0.3) is 0 Å². The third-order valence-electron chi connectivity index (χ3n) is 2.64. The van der Waals surface area contributed by atoms with E-state index in [1.165, 1.54) is 18.9 Å². The Hall–Kier alpha value is -1.05. The summed E-state index contributed by atoms with van der Waals surface area (Å²) in [6.07, 6.45) is 3.78. The zero-order valence-corrected chi connectivity index (χ0v) is 8.42. The highest BCUT2D eigenvalue weighted by Gasteiger charge is 2.20. The first kappa shape index (κ1) is 9.50. The number of aryl methyl sites for hydroxylation is 1. The van der Waals surface area contributed by atoms with Gasteiger partial charge >= 0.3 is 0 Å². The molecule has 0 saturated heterocycles. The summed E-state index contributed by atoms with van der Waals surface area (Å²) >= 11 is 0. The molecule has 0 amide bonds. The van der Waals surface area contributed by atoms with Gasteiger partial charge in [-0.25, -0.2) is 4.39 Å². The molecular weight excluding hydrogens is 179 g/mol. The fourth-order valence-electron chi connectivity index (χ4n) is 1.41. The Morgan fingerprint density at radius 3 is 2.86 bits per heavy atom. The van der Waals surface area contributed by atoms with Crippen LogP contribution < -0.4 is 4.74 Å². The van der Waals surface area contributed by atoms with Gasteiger partial charge in [0, 0.05) is 6.07 Å². The van der Waals surface area contributed by atoms with Crippen LogP contribution in [0.5, 0.6) is 5.75 Å². The molecule has 1 aromatic carbocycles. The third-order valence-corrected chi connectivity index (χ3v) is 2.64. The lowest BCUT2D eigenvalue weighted by molar-refractivity contribution is 0.301. The van der Waals surface area contributed by atoms with Gasteiger partial charge in [-0.3, -0.25) is 0 Å². The lowest BCUT2D eigenvalue weighted by atomic mass is 10.2. The van der Waals surface area contributed by atoms with Gasteiger partial charge in [-0.15, -0.1) is 0 Å². The summed E-state index contributed by atoms with van der Waals surface area (Å²) in [5, 5.41) is 0. The van der Waals surface area contributed by atoms with E-state index < -0.39 is 0 Å². The van der Waals surface area contributed by atoms with E-state index in [4.69, 9.17) is 4.74 Å². The van der Waals surface area contributed by atoms with Crippen LogP contribution in [0.15, 0.2) is 18.2 Å². The molecule has 0 bridgehead atoms. The third kappa shape index (κ3) is 2.47. The Morgan fingerprint density at radius 2 is 2.21 bits per heavy atom. The molecular formula is C12H15FO.